The van der Waals surface area contributed by atoms with Crippen molar-refractivity contribution >= 4 is 17.7 Å². The van der Waals surface area contributed by atoms with Gasteiger partial charge in [0.25, 0.3) is 0 Å². The highest BCUT2D eigenvalue weighted by Gasteiger charge is 2.17. The van der Waals surface area contributed by atoms with Crippen molar-refractivity contribution in [1.29, 1.82) is 0 Å². The van der Waals surface area contributed by atoms with E-state index in [1.165, 1.54) is 7.11 Å². The molecule has 1 aromatic rings. The molecule has 0 amide bonds. The van der Waals surface area contributed by atoms with Crippen LogP contribution >= 0.6 is 11.8 Å². The maximum atomic E-state index is 11.4. The van der Waals surface area contributed by atoms with Gasteiger partial charge in [-0.25, -0.2) is 0 Å². The van der Waals surface area contributed by atoms with Crippen LogP contribution in [0, 0.1) is 0 Å². The fraction of sp³-hybridized carbons (Fsp3) is 0.417. The molecular formula is C12H17NO2S. The number of ether oxygens (including phenoxy) is 1. The van der Waals surface area contributed by atoms with Crippen LogP contribution in [0.3, 0.4) is 0 Å². The Balaban J connectivity index is 2.47. The molecule has 0 bridgehead atoms. The summed E-state index contributed by atoms with van der Waals surface area (Å²) in [6, 6.07) is 9.79. The Labute approximate surface area is 101 Å². The normalized spacial score (nSPS) is 12.1. The van der Waals surface area contributed by atoms with Gasteiger partial charge in [0, 0.05) is 10.6 Å². The highest BCUT2D eigenvalue weighted by molar-refractivity contribution is 7.99. The van der Waals surface area contributed by atoms with Crippen molar-refractivity contribution in [1.82, 2.24) is 5.32 Å². The number of thioether (sulfide) groups is 1. The zero-order chi connectivity index (χ0) is 11.8. The van der Waals surface area contributed by atoms with E-state index in [-0.39, 0.29) is 12.0 Å². The predicted molar refractivity (Wildman–Crippen MR) is 66.6 cm³/mol. The molecule has 1 atom stereocenters. The minimum absolute atomic E-state index is 0.203. The summed E-state index contributed by atoms with van der Waals surface area (Å²) in [6.45, 7) is 2.73. The van der Waals surface area contributed by atoms with E-state index >= 15 is 0 Å². The molecule has 0 saturated carbocycles. The van der Waals surface area contributed by atoms with Gasteiger partial charge in [-0.1, -0.05) is 25.1 Å². The van der Waals surface area contributed by atoms with Crippen LogP contribution in [0.4, 0.5) is 0 Å². The van der Waals surface area contributed by atoms with Gasteiger partial charge in [0.1, 0.15) is 6.04 Å². The van der Waals surface area contributed by atoms with E-state index in [9.17, 15) is 4.79 Å². The van der Waals surface area contributed by atoms with Crippen molar-refractivity contribution in [2.45, 2.75) is 17.9 Å². The van der Waals surface area contributed by atoms with Gasteiger partial charge in [-0.3, -0.25) is 4.79 Å². The second-order valence-corrected chi connectivity index (χ2v) is 4.35. The van der Waals surface area contributed by atoms with Gasteiger partial charge in [-0.05, 0) is 18.7 Å². The molecule has 1 unspecified atom stereocenters. The van der Waals surface area contributed by atoms with Crippen LogP contribution in [0.5, 0.6) is 0 Å². The summed E-state index contributed by atoms with van der Waals surface area (Å²) in [5.74, 6) is 0.482. The summed E-state index contributed by atoms with van der Waals surface area (Å²) < 4.78 is 4.74. The minimum Gasteiger partial charge on any atom is -0.468 e. The lowest BCUT2D eigenvalue weighted by molar-refractivity contribution is -0.142. The van der Waals surface area contributed by atoms with Gasteiger partial charge < -0.3 is 10.1 Å². The van der Waals surface area contributed by atoms with Crippen LogP contribution in [0.1, 0.15) is 6.92 Å². The smallest absolute Gasteiger partial charge is 0.323 e. The molecule has 88 valence electrons. The third-order valence-corrected chi connectivity index (χ3v) is 3.20. The van der Waals surface area contributed by atoms with Gasteiger partial charge in [-0.15, -0.1) is 11.8 Å². The Morgan fingerprint density at radius 1 is 1.44 bits per heavy atom. The predicted octanol–water partition coefficient (Wildman–Crippen LogP) is 1.93. The maximum Gasteiger partial charge on any atom is 0.323 e. The highest BCUT2D eigenvalue weighted by Crippen LogP contribution is 2.18. The Bertz CT molecular complexity index is 316. The Kier molecular flexibility index (Phi) is 5.96. The lowest BCUT2D eigenvalue weighted by Gasteiger charge is -2.14. The molecular weight excluding hydrogens is 222 g/mol. The third-order valence-electron chi connectivity index (χ3n) is 2.10. The Morgan fingerprint density at radius 2 is 2.12 bits per heavy atom. The van der Waals surface area contributed by atoms with E-state index in [4.69, 9.17) is 4.74 Å². The first-order valence-electron chi connectivity index (χ1n) is 5.27. The monoisotopic (exact) mass is 239 g/mol. The first-order valence-corrected chi connectivity index (χ1v) is 6.25. The number of carbonyl (C=O) groups excluding carboxylic acids is 1. The summed E-state index contributed by atoms with van der Waals surface area (Å²) in [5.41, 5.74) is 0. The second kappa shape index (κ2) is 7.30. The number of esters is 1. The molecule has 1 aromatic carbocycles. The molecule has 0 aromatic heterocycles. The SMILES string of the molecule is CCNC(CSc1ccccc1)C(=O)OC. The molecule has 16 heavy (non-hydrogen) atoms. The largest absolute Gasteiger partial charge is 0.468 e. The van der Waals surface area contributed by atoms with Gasteiger partial charge in [-0.2, -0.15) is 0 Å². The molecule has 0 aliphatic rings. The number of likely N-dealkylation sites (N-methyl/N-ethyl adjacent to an activating group) is 1. The van der Waals surface area contributed by atoms with E-state index in [0.29, 0.717) is 5.75 Å². The quantitative estimate of drug-likeness (QED) is 0.608. The summed E-state index contributed by atoms with van der Waals surface area (Å²) in [4.78, 5) is 12.6. The average molecular weight is 239 g/mol. The number of benzene rings is 1. The number of carbonyl (C=O) groups is 1. The van der Waals surface area contributed by atoms with Crippen molar-refractivity contribution in [3.05, 3.63) is 30.3 Å². The van der Waals surface area contributed by atoms with Crippen LogP contribution in [-0.2, 0) is 9.53 Å². The first-order chi connectivity index (χ1) is 7.77. The van der Waals surface area contributed by atoms with Gasteiger partial charge in [0.15, 0.2) is 0 Å². The summed E-state index contributed by atoms with van der Waals surface area (Å²) in [5, 5.41) is 3.11. The molecule has 1 N–H and O–H groups in total. The zero-order valence-corrected chi connectivity index (χ0v) is 10.4. The van der Waals surface area contributed by atoms with Crippen molar-refractivity contribution in [3.63, 3.8) is 0 Å². The van der Waals surface area contributed by atoms with E-state index in [0.717, 1.165) is 11.4 Å². The Morgan fingerprint density at radius 3 is 2.69 bits per heavy atom. The Hall–Kier alpha value is -1.00. The molecule has 0 aliphatic carbocycles. The van der Waals surface area contributed by atoms with Crippen molar-refractivity contribution in [2.24, 2.45) is 0 Å². The van der Waals surface area contributed by atoms with Crippen LogP contribution in [0.2, 0.25) is 0 Å². The molecule has 0 saturated heterocycles. The molecule has 0 radical (unpaired) electrons. The summed E-state index contributed by atoms with van der Waals surface area (Å²) in [6.07, 6.45) is 0. The van der Waals surface area contributed by atoms with Crippen molar-refractivity contribution in [2.75, 3.05) is 19.4 Å². The van der Waals surface area contributed by atoms with Crippen molar-refractivity contribution in [3.8, 4) is 0 Å². The standard InChI is InChI=1S/C12H17NO2S/c1-3-13-11(12(14)15-2)9-16-10-7-5-4-6-8-10/h4-8,11,13H,3,9H2,1-2H3. The molecule has 4 heteroatoms. The second-order valence-electron chi connectivity index (χ2n) is 3.26. The topological polar surface area (TPSA) is 38.3 Å². The number of nitrogens with one attached hydrogen (secondary N) is 1. The maximum absolute atomic E-state index is 11.4. The molecule has 3 nitrogen and oxygen atoms in total. The third kappa shape index (κ3) is 4.24. The molecule has 0 fully saturated rings. The summed E-state index contributed by atoms with van der Waals surface area (Å²) in [7, 11) is 1.42. The van der Waals surface area contributed by atoms with E-state index in [1.807, 2.05) is 37.3 Å². The summed E-state index contributed by atoms with van der Waals surface area (Å²) >= 11 is 1.65. The fourth-order valence-corrected chi connectivity index (χ4v) is 2.26. The van der Waals surface area contributed by atoms with Crippen molar-refractivity contribution < 1.29 is 9.53 Å². The van der Waals surface area contributed by atoms with Gasteiger partial charge in [0.2, 0.25) is 0 Å². The van der Waals surface area contributed by atoms with Crippen LogP contribution < -0.4 is 5.32 Å². The molecule has 0 heterocycles. The zero-order valence-electron chi connectivity index (χ0n) is 9.60. The number of hydrogen-bond donors (Lipinski definition) is 1. The average Bonchev–Trinajstić information content (AvgIpc) is 2.34. The highest BCUT2D eigenvalue weighted by atomic mass is 32.2. The van der Waals surface area contributed by atoms with E-state index in [2.05, 4.69) is 5.32 Å². The number of methoxy groups -OCH3 is 1. The molecule has 0 spiro atoms. The lowest BCUT2D eigenvalue weighted by atomic mass is 10.3. The number of hydrogen-bond acceptors (Lipinski definition) is 4. The van der Waals surface area contributed by atoms with Gasteiger partial charge >= 0.3 is 5.97 Å². The minimum atomic E-state index is -0.236. The van der Waals surface area contributed by atoms with Crippen LogP contribution in [0.25, 0.3) is 0 Å². The number of rotatable bonds is 6. The molecule has 0 aliphatic heterocycles. The van der Waals surface area contributed by atoms with Gasteiger partial charge in [0.05, 0.1) is 7.11 Å². The van der Waals surface area contributed by atoms with E-state index < -0.39 is 0 Å². The first kappa shape index (κ1) is 13.1. The lowest BCUT2D eigenvalue weighted by Crippen LogP contribution is -2.39. The van der Waals surface area contributed by atoms with Crippen LogP contribution in [-0.4, -0.2) is 31.4 Å². The molecule has 1 rings (SSSR count). The van der Waals surface area contributed by atoms with Crippen LogP contribution in [0.15, 0.2) is 35.2 Å². The van der Waals surface area contributed by atoms with E-state index in [1.54, 1.807) is 11.8 Å². The fourth-order valence-electron chi connectivity index (χ4n) is 1.30.